The predicted octanol–water partition coefficient (Wildman–Crippen LogP) is 14.2. The molecule has 46 heavy (non-hydrogen) atoms. The third-order valence-corrected chi connectivity index (χ3v) is 9.68. The van der Waals surface area contributed by atoms with Crippen molar-refractivity contribution in [1.82, 2.24) is 0 Å². The van der Waals surface area contributed by atoms with Gasteiger partial charge in [-0.2, -0.15) is 0 Å². The fourth-order valence-corrected chi connectivity index (χ4v) is 6.48. The highest BCUT2D eigenvalue weighted by Crippen LogP contribution is 2.19. The lowest BCUT2D eigenvalue weighted by molar-refractivity contribution is -0.167. The minimum Gasteiger partial charge on any atom is -0.459 e. The second kappa shape index (κ2) is 36.8. The largest absolute Gasteiger partial charge is 0.459 e. The lowest BCUT2D eigenvalue weighted by Gasteiger charge is -2.24. The van der Waals surface area contributed by atoms with Crippen molar-refractivity contribution in [1.29, 1.82) is 0 Å². The molecule has 0 amide bonds. The van der Waals surface area contributed by atoms with Gasteiger partial charge in [0.05, 0.1) is 0 Å². The standard InChI is InChI=1S/C42H82O4/c1-5-8-11-14-17-18-19-20-21-22-23-24-25-26-29-30-33-36-40(46-42(44)38-35-32-28-16-13-10-7-3)39(4)45-41(43)37-34-31-27-15-12-9-6-2/h39-40H,5-38H2,1-4H3. The van der Waals surface area contributed by atoms with Gasteiger partial charge >= 0.3 is 11.9 Å². The first-order valence-electron chi connectivity index (χ1n) is 20.9. The van der Waals surface area contributed by atoms with Gasteiger partial charge in [-0.1, -0.05) is 201 Å². The maximum Gasteiger partial charge on any atom is 0.306 e. The molecule has 0 aliphatic heterocycles. The smallest absolute Gasteiger partial charge is 0.306 e. The van der Waals surface area contributed by atoms with Gasteiger partial charge in [-0.25, -0.2) is 0 Å². The molecule has 2 unspecified atom stereocenters. The molecule has 0 radical (unpaired) electrons. The molecule has 0 N–H and O–H groups in total. The van der Waals surface area contributed by atoms with Crippen LogP contribution >= 0.6 is 0 Å². The Bertz CT molecular complexity index is 633. The summed E-state index contributed by atoms with van der Waals surface area (Å²) in [6.07, 6.45) is 40.5. The van der Waals surface area contributed by atoms with Gasteiger partial charge < -0.3 is 9.47 Å². The summed E-state index contributed by atoms with van der Waals surface area (Å²) in [5.41, 5.74) is 0. The summed E-state index contributed by atoms with van der Waals surface area (Å²) in [5, 5.41) is 0. The summed E-state index contributed by atoms with van der Waals surface area (Å²) in [5.74, 6) is -0.267. The van der Waals surface area contributed by atoms with Gasteiger partial charge in [0.15, 0.2) is 0 Å². The molecule has 0 saturated carbocycles. The first-order chi connectivity index (χ1) is 22.5. The second-order valence-electron chi connectivity index (χ2n) is 14.4. The Morgan fingerprint density at radius 1 is 0.370 bits per heavy atom. The van der Waals surface area contributed by atoms with Crippen LogP contribution in [0.2, 0.25) is 0 Å². The first-order valence-corrected chi connectivity index (χ1v) is 20.9. The van der Waals surface area contributed by atoms with Gasteiger partial charge in [-0.05, 0) is 32.6 Å². The zero-order valence-corrected chi connectivity index (χ0v) is 31.8. The number of unbranched alkanes of at least 4 members (excludes halogenated alkanes) is 28. The summed E-state index contributed by atoms with van der Waals surface area (Å²) in [6, 6.07) is 0. The molecule has 4 heteroatoms. The molecule has 274 valence electrons. The molecular weight excluding hydrogens is 568 g/mol. The maximum atomic E-state index is 12.7. The molecule has 0 aliphatic carbocycles. The van der Waals surface area contributed by atoms with Crippen LogP contribution in [-0.2, 0) is 19.1 Å². The quantitative estimate of drug-likeness (QED) is 0.0496. The summed E-state index contributed by atoms with van der Waals surface area (Å²) < 4.78 is 11.8. The zero-order chi connectivity index (χ0) is 33.8. The van der Waals surface area contributed by atoms with Crippen molar-refractivity contribution in [2.75, 3.05) is 0 Å². The normalized spacial score (nSPS) is 12.7. The highest BCUT2D eigenvalue weighted by atomic mass is 16.6. The number of carbonyl (C=O) groups excluding carboxylic acids is 2. The fraction of sp³-hybridized carbons (Fsp3) is 0.952. The van der Waals surface area contributed by atoms with E-state index in [0.29, 0.717) is 12.8 Å². The van der Waals surface area contributed by atoms with Crippen LogP contribution in [0.3, 0.4) is 0 Å². The van der Waals surface area contributed by atoms with Crippen LogP contribution in [-0.4, -0.2) is 24.1 Å². The van der Waals surface area contributed by atoms with Crippen LogP contribution in [0.15, 0.2) is 0 Å². The maximum absolute atomic E-state index is 12.7. The molecule has 2 atom stereocenters. The van der Waals surface area contributed by atoms with Gasteiger partial charge in [-0.3, -0.25) is 9.59 Å². The minimum absolute atomic E-state index is 0.125. The molecule has 0 saturated heterocycles. The van der Waals surface area contributed by atoms with E-state index in [1.165, 1.54) is 161 Å². The van der Waals surface area contributed by atoms with Crippen molar-refractivity contribution in [2.24, 2.45) is 0 Å². The van der Waals surface area contributed by atoms with Crippen molar-refractivity contribution in [2.45, 2.75) is 258 Å². The number of esters is 2. The van der Waals surface area contributed by atoms with Crippen molar-refractivity contribution in [3.63, 3.8) is 0 Å². The molecule has 0 aromatic heterocycles. The molecule has 0 aromatic carbocycles. The van der Waals surface area contributed by atoms with Gasteiger partial charge in [0.1, 0.15) is 12.2 Å². The molecule has 0 spiro atoms. The number of carbonyl (C=O) groups is 2. The number of hydrogen-bond donors (Lipinski definition) is 0. The van der Waals surface area contributed by atoms with Crippen molar-refractivity contribution >= 4 is 11.9 Å². The lowest BCUT2D eigenvalue weighted by atomic mass is 10.0. The molecule has 0 heterocycles. The Morgan fingerprint density at radius 2 is 0.630 bits per heavy atom. The van der Waals surface area contributed by atoms with Gasteiger partial charge in [0.25, 0.3) is 0 Å². The second-order valence-corrected chi connectivity index (χ2v) is 14.4. The van der Waals surface area contributed by atoms with E-state index in [-0.39, 0.29) is 24.1 Å². The Morgan fingerprint density at radius 3 is 0.957 bits per heavy atom. The number of hydrogen-bond acceptors (Lipinski definition) is 4. The number of rotatable bonds is 37. The van der Waals surface area contributed by atoms with Crippen LogP contribution in [0.4, 0.5) is 0 Å². The van der Waals surface area contributed by atoms with E-state index in [9.17, 15) is 9.59 Å². The first kappa shape index (κ1) is 44.9. The summed E-state index contributed by atoms with van der Waals surface area (Å²) in [4.78, 5) is 25.3. The molecule has 0 fully saturated rings. The average Bonchev–Trinajstić information content (AvgIpc) is 3.04. The average molecular weight is 651 g/mol. The van der Waals surface area contributed by atoms with Crippen molar-refractivity contribution in [3.8, 4) is 0 Å². The lowest BCUT2D eigenvalue weighted by Crippen LogP contribution is -2.33. The Labute approximate surface area is 288 Å². The van der Waals surface area contributed by atoms with Gasteiger partial charge in [0, 0.05) is 12.8 Å². The van der Waals surface area contributed by atoms with E-state index in [4.69, 9.17) is 9.47 Å². The van der Waals surface area contributed by atoms with E-state index in [2.05, 4.69) is 20.8 Å². The Kier molecular flexibility index (Phi) is 35.9. The van der Waals surface area contributed by atoms with E-state index < -0.39 is 0 Å². The highest BCUT2D eigenvalue weighted by Gasteiger charge is 2.24. The van der Waals surface area contributed by atoms with Crippen molar-refractivity contribution < 1.29 is 19.1 Å². The van der Waals surface area contributed by atoms with Crippen LogP contribution in [0.25, 0.3) is 0 Å². The highest BCUT2D eigenvalue weighted by molar-refractivity contribution is 5.70. The Hall–Kier alpha value is -1.06. The monoisotopic (exact) mass is 651 g/mol. The van der Waals surface area contributed by atoms with Gasteiger partial charge in [0.2, 0.25) is 0 Å². The van der Waals surface area contributed by atoms with E-state index in [0.717, 1.165) is 44.9 Å². The number of ether oxygens (including phenoxy) is 2. The summed E-state index contributed by atoms with van der Waals surface area (Å²) >= 11 is 0. The van der Waals surface area contributed by atoms with Gasteiger partial charge in [-0.15, -0.1) is 0 Å². The van der Waals surface area contributed by atoms with Crippen LogP contribution in [0.1, 0.15) is 246 Å². The van der Waals surface area contributed by atoms with Crippen LogP contribution < -0.4 is 0 Å². The third kappa shape index (κ3) is 32.9. The molecule has 0 rings (SSSR count). The van der Waals surface area contributed by atoms with E-state index in [1.54, 1.807) is 0 Å². The molecular formula is C42H82O4. The van der Waals surface area contributed by atoms with Crippen LogP contribution in [0, 0.1) is 0 Å². The SMILES string of the molecule is CCCCCCCCCCCCCCCCCCCC(OC(=O)CCCCCCCCC)C(C)OC(=O)CCCCCCCCC. The minimum atomic E-state index is -0.379. The Balaban J connectivity index is 4.22. The van der Waals surface area contributed by atoms with E-state index >= 15 is 0 Å². The molecule has 0 bridgehead atoms. The third-order valence-electron chi connectivity index (χ3n) is 9.68. The summed E-state index contributed by atoms with van der Waals surface area (Å²) in [6.45, 7) is 8.68. The van der Waals surface area contributed by atoms with Crippen molar-refractivity contribution in [3.05, 3.63) is 0 Å². The molecule has 0 aliphatic rings. The molecule has 4 nitrogen and oxygen atoms in total. The fourth-order valence-electron chi connectivity index (χ4n) is 6.48. The van der Waals surface area contributed by atoms with E-state index in [1.807, 2.05) is 6.92 Å². The predicted molar refractivity (Wildman–Crippen MR) is 199 cm³/mol. The van der Waals surface area contributed by atoms with Crippen LogP contribution in [0.5, 0.6) is 0 Å². The zero-order valence-electron chi connectivity index (χ0n) is 31.8. The topological polar surface area (TPSA) is 52.6 Å². The molecule has 0 aromatic rings. The summed E-state index contributed by atoms with van der Waals surface area (Å²) in [7, 11) is 0.